The maximum atomic E-state index is 12.7. The van der Waals surface area contributed by atoms with Crippen molar-refractivity contribution in [1.82, 2.24) is 0 Å². The van der Waals surface area contributed by atoms with Crippen LogP contribution in [0, 0.1) is 0 Å². The summed E-state index contributed by atoms with van der Waals surface area (Å²) in [4.78, 5) is 12.8. The quantitative estimate of drug-likeness (QED) is 0.579. The van der Waals surface area contributed by atoms with E-state index in [1.807, 2.05) is 0 Å². The van der Waals surface area contributed by atoms with Gasteiger partial charge in [-0.15, -0.1) is 6.58 Å². The number of carbonyl (C=O) groups is 1. The highest BCUT2D eigenvalue weighted by molar-refractivity contribution is 6.77. The van der Waals surface area contributed by atoms with Crippen molar-refractivity contribution in [3.63, 3.8) is 0 Å². The van der Waals surface area contributed by atoms with Gasteiger partial charge < -0.3 is 4.90 Å². The summed E-state index contributed by atoms with van der Waals surface area (Å²) in [6, 6.07) is 4.17. The highest BCUT2D eigenvalue weighted by Gasteiger charge is 2.36. The lowest BCUT2D eigenvalue weighted by atomic mass is 10.1. The first kappa shape index (κ1) is 17.1. The monoisotopic (exact) mass is 345 g/mol. The Bertz CT molecular complexity index is 511. The molecule has 110 valence electrons. The molecule has 0 spiro atoms. The Hall–Kier alpha value is -0.910. The molecule has 8 heteroatoms. The van der Waals surface area contributed by atoms with Crippen LogP contribution < -0.4 is 4.90 Å². The van der Waals surface area contributed by atoms with E-state index in [-0.39, 0.29) is 12.2 Å². The molecule has 0 saturated heterocycles. The van der Waals surface area contributed by atoms with Crippen LogP contribution in [0.15, 0.2) is 36.9 Å². The van der Waals surface area contributed by atoms with Crippen LogP contribution in [-0.4, -0.2) is 16.2 Å². The van der Waals surface area contributed by atoms with Gasteiger partial charge in [-0.2, -0.15) is 13.2 Å². The highest BCUT2D eigenvalue weighted by atomic mass is 35.6. The Labute approximate surface area is 128 Å². The lowest BCUT2D eigenvalue weighted by Gasteiger charge is -2.25. The minimum absolute atomic E-state index is 0.0314. The average molecular weight is 347 g/mol. The van der Waals surface area contributed by atoms with Crippen molar-refractivity contribution in [2.24, 2.45) is 0 Å². The zero-order valence-corrected chi connectivity index (χ0v) is 12.2. The Morgan fingerprint density at radius 1 is 1.30 bits per heavy atom. The molecule has 0 aliphatic rings. The van der Waals surface area contributed by atoms with Crippen LogP contribution >= 0.6 is 34.8 Å². The molecule has 1 amide bonds. The van der Waals surface area contributed by atoms with E-state index in [1.165, 1.54) is 18.2 Å². The van der Waals surface area contributed by atoms with Crippen LogP contribution in [0.2, 0.25) is 0 Å². The molecule has 0 fully saturated rings. The number of benzene rings is 1. The predicted molar refractivity (Wildman–Crippen MR) is 74.3 cm³/mol. The van der Waals surface area contributed by atoms with Crippen molar-refractivity contribution in [2.45, 2.75) is 9.97 Å². The smallest absolute Gasteiger partial charge is 0.305 e. The Balaban J connectivity index is 3.23. The molecule has 2 nitrogen and oxygen atoms in total. The van der Waals surface area contributed by atoms with Gasteiger partial charge in [0.1, 0.15) is 0 Å². The lowest BCUT2D eigenvalue weighted by molar-refractivity contribution is -0.137. The fourth-order valence-corrected chi connectivity index (χ4v) is 1.74. The van der Waals surface area contributed by atoms with Crippen molar-refractivity contribution < 1.29 is 18.0 Å². The number of rotatable bonds is 3. The van der Waals surface area contributed by atoms with E-state index in [2.05, 4.69) is 6.58 Å². The number of nitrogens with zero attached hydrogens (tertiary/aromatic N) is 1. The molecule has 1 aromatic rings. The molecule has 0 heterocycles. The summed E-state index contributed by atoms with van der Waals surface area (Å²) in [7, 11) is 0. The summed E-state index contributed by atoms with van der Waals surface area (Å²) in [5, 5.41) is 0. The molecule has 1 rings (SSSR count). The van der Waals surface area contributed by atoms with Crippen molar-refractivity contribution in [1.29, 1.82) is 0 Å². The van der Waals surface area contributed by atoms with E-state index in [9.17, 15) is 18.0 Å². The van der Waals surface area contributed by atoms with Crippen LogP contribution in [0.1, 0.15) is 5.56 Å². The Morgan fingerprint density at radius 2 is 1.90 bits per heavy atom. The topological polar surface area (TPSA) is 20.3 Å². The number of carbonyl (C=O) groups excluding carboxylic acids is 1. The lowest BCUT2D eigenvalue weighted by Crippen LogP contribution is -2.39. The molecule has 0 atom stereocenters. The van der Waals surface area contributed by atoms with Crippen molar-refractivity contribution in [2.75, 3.05) is 11.4 Å². The molecule has 0 N–H and O–H groups in total. The van der Waals surface area contributed by atoms with Crippen LogP contribution in [0.3, 0.4) is 0 Å². The predicted octanol–water partition coefficient (Wildman–Crippen LogP) is 4.59. The minimum atomic E-state index is -4.53. The summed E-state index contributed by atoms with van der Waals surface area (Å²) in [5.41, 5.74) is -0.933. The molecular weight excluding hydrogens is 337 g/mol. The largest absolute Gasteiger partial charge is 0.416 e. The fourth-order valence-electron chi connectivity index (χ4n) is 1.44. The van der Waals surface area contributed by atoms with Crippen LogP contribution in [0.25, 0.3) is 0 Å². The van der Waals surface area contributed by atoms with Gasteiger partial charge in [0.15, 0.2) is 0 Å². The summed E-state index contributed by atoms with van der Waals surface area (Å²) < 4.78 is 35.7. The minimum Gasteiger partial charge on any atom is -0.305 e. The van der Waals surface area contributed by atoms with Gasteiger partial charge in [-0.25, -0.2) is 0 Å². The van der Waals surface area contributed by atoms with Gasteiger partial charge >= 0.3 is 6.18 Å². The van der Waals surface area contributed by atoms with Crippen molar-refractivity contribution in [3.8, 4) is 0 Å². The van der Waals surface area contributed by atoms with Gasteiger partial charge in [0.2, 0.25) is 0 Å². The fraction of sp³-hybridized carbons (Fsp3) is 0.250. The SMILES string of the molecule is C=CCN(C(=O)C(Cl)(Cl)Cl)c1cccc(C(F)(F)F)c1. The number of hydrogen-bond donors (Lipinski definition) is 0. The highest BCUT2D eigenvalue weighted by Crippen LogP contribution is 2.34. The maximum Gasteiger partial charge on any atom is 0.416 e. The van der Waals surface area contributed by atoms with Gasteiger partial charge in [-0.05, 0) is 18.2 Å². The van der Waals surface area contributed by atoms with Gasteiger partial charge in [-0.3, -0.25) is 4.79 Å². The summed E-state index contributed by atoms with van der Waals surface area (Å²) >= 11 is 16.4. The van der Waals surface area contributed by atoms with Crippen LogP contribution in [0.5, 0.6) is 0 Å². The zero-order valence-electron chi connectivity index (χ0n) is 9.92. The van der Waals surface area contributed by atoms with Crippen LogP contribution in [0.4, 0.5) is 18.9 Å². The second-order valence-electron chi connectivity index (χ2n) is 3.75. The molecule has 0 aromatic heterocycles. The van der Waals surface area contributed by atoms with E-state index in [0.717, 1.165) is 17.0 Å². The number of amides is 1. The molecule has 1 aromatic carbocycles. The van der Waals surface area contributed by atoms with E-state index in [0.29, 0.717) is 0 Å². The second-order valence-corrected chi connectivity index (χ2v) is 6.03. The van der Waals surface area contributed by atoms with Gasteiger partial charge in [0, 0.05) is 12.2 Å². The summed E-state index contributed by atoms with van der Waals surface area (Å²) in [6.07, 6.45) is -3.21. The third-order valence-electron chi connectivity index (χ3n) is 2.28. The first-order valence-corrected chi connectivity index (χ1v) is 6.37. The zero-order chi connectivity index (χ0) is 15.6. The second kappa shape index (κ2) is 6.24. The molecule has 0 unspecified atom stereocenters. The molecule has 0 bridgehead atoms. The van der Waals surface area contributed by atoms with E-state index < -0.39 is 21.4 Å². The van der Waals surface area contributed by atoms with Gasteiger partial charge in [-0.1, -0.05) is 46.9 Å². The first-order chi connectivity index (χ1) is 9.07. The maximum absolute atomic E-state index is 12.7. The third kappa shape index (κ3) is 4.30. The summed E-state index contributed by atoms with van der Waals surface area (Å²) in [6.45, 7) is 3.33. The number of anilines is 1. The standard InChI is InChI=1S/C12H9Cl3F3NO/c1-2-6-19(10(20)11(13,14)15)9-5-3-4-8(7-9)12(16,17)18/h2-5,7H,1,6H2. The van der Waals surface area contributed by atoms with Gasteiger partial charge in [0.25, 0.3) is 9.70 Å². The summed E-state index contributed by atoms with van der Waals surface area (Å²) in [5.74, 6) is -0.957. The first-order valence-electron chi connectivity index (χ1n) is 5.24. The Morgan fingerprint density at radius 3 is 2.35 bits per heavy atom. The number of hydrogen-bond acceptors (Lipinski definition) is 1. The van der Waals surface area contributed by atoms with Gasteiger partial charge in [0.05, 0.1) is 5.56 Å². The van der Waals surface area contributed by atoms with Crippen LogP contribution in [-0.2, 0) is 11.0 Å². The normalized spacial score (nSPS) is 12.1. The number of halogens is 6. The number of alkyl halides is 6. The molecule has 0 aliphatic carbocycles. The van der Waals surface area contributed by atoms with Crippen molar-refractivity contribution >= 4 is 46.4 Å². The average Bonchev–Trinajstić information content (AvgIpc) is 2.33. The van der Waals surface area contributed by atoms with E-state index in [4.69, 9.17) is 34.8 Å². The molecular formula is C12H9Cl3F3NO. The van der Waals surface area contributed by atoms with Crippen molar-refractivity contribution in [3.05, 3.63) is 42.5 Å². The van der Waals surface area contributed by atoms with E-state index >= 15 is 0 Å². The molecule has 0 aliphatic heterocycles. The molecule has 20 heavy (non-hydrogen) atoms. The third-order valence-corrected chi connectivity index (χ3v) is 2.77. The molecule has 0 saturated carbocycles. The molecule has 0 radical (unpaired) electrons. The Kier molecular flexibility index (Phi) is 5.35. The van der Waals surface area contributed by atoms with E-state index in [1.54, 1.807) is 0 Å².